The SMILES string of the molecule is Cl/C=C\C1(c2cccc(OCc3ccc4ccccc4c3)c2)CCOCC1. The molecule has 3 heteroatoms. The molecule has 0 radical (unpaired) electrons. The van der Waals surface area contributed by atoms with Crippen LogP contribution in [0.1, 0.15) is 24.0 Å². The van der Waals surface area contributed by atoms with Gasteiger partial charge in [-0.2, -0.15) is 0 Å². The molecule has 2 nitrogen and oxygen atoms in total. The van der Waals surface area contributed by atoms with Crippen LogP contribution in [0.2, 0.25) is 0 Å². The molecule has 0 bridgehead atoms. The summed E-state index contributed by atoms with van der Waals surface area (Å²) in [5, 5.41) is 2.48. The lowest BCUT2D eigenvalue weighted by Crippen LogP contribution is -2.31. The molecule has 0 amide bonds. The van der Waals surface area contributed by atoms with Crippen molar-refractivity contribution in [1.82, 2.24) is 0 Å². The van der Waals surface area contributed by atoms with Crippen molar-refractivity contribution in [2.24, 2.45) is 0 Å². The monoisotopic (exact) mass is 378 g/mol. The predicted molar refractivity (Wildman–Crippen MR) is 111 cm³/mol. The predicted octanol–water partition coefficient (Wildman–Crippen LogP) is 6.22. The van der Waals surface area contributed by atoms with E-state index in [0.717, 1.165) is 31.8 Å². The summed E-state index contributed by atoms with van der Waals surface area (Å²) in [5.41, 5.74) is 3.97. The maximum Gasteiger partial charge on any atom is 0.120 e. The molecule has 0 N–H and O–H groups in total. The number of benzene rings is 3. The van der Waals surface area contributed by atoms with Crippen LogP contribution in [-0.2, 0) is 16.8 Å². The minimum atomic E-state index is -0.0671. The van der Waals surface area contributed by atoms with Gasteiger partial charge in [0.15, 0.2) is 0 Å². The number of hydrogen-bond donors (Lipinski definition) is 0. The minimum absolute atomic E-state index is 0.0671. The Hall–Kier alpha value is -2.29. The summed E-state index contributed by atoms with van der Waals surface area (Å²) in [4.78, 5) is 0. The molecule has 3 aromatic carbocycles. The second kappa shape index (κ2) is 8.16. The average molecular weight is 379 g/mol. The van der Waals surface area contributed by atoms with Crippen LogP contribution in [0, 0.1) is 0 Å². The Morgan fingerprint density at radius 2 is 1.74 bits per heavy atom. The van der Waals surface area contributed by atoms with E-state index in [1.54, 1.807) is 5.54 Å². The van der Waals surface area contributed by atoms with E-state index in [4.69, 9.17) is 21.1 Å². The zero-order chi connectivity index (χ0) is 18.5. The van der Waals surface area contributed by atoms with Crippen molar-refractivity contribution < 1.29 is 9.47 Å². The fourth-order valence-electron chi connectivity index (χ4n) is 3.80. The maximum absolute atomic E-state index is 6.11. The Kier molecular flexibility index (Phi) is 5.47. The molecule has 4 rings (SSSR count). The molecule has 1 aliphatic rings. The summed E-state index contributed by atoms with van der Waals surface area (Å²) in [7, 11) is 0. The first-order valence-corrected chi connectivity index (χ1v) is 9.79. The first-order valence-electron chi connectivity index (χ1n) is 9.36. The third kappa shape index (κ3) is 4.02. The average Bonchev–Trinajstić information content (AvgIpc) is 2.73. The highest BCUT2D eigenvalue weighted by molar-refractivity contribution is 6.25. The van der Waals surface area contributed by atoms with Gasteiger partial charge in [-0.15, -0.1) is 0 Å². The van der Waals surface area contributed by atoms with Gasteiger partial charge >= 0.3 is 0 Å². The number of allylic oxidation sites excluding steroid dienone is 1. The molecular weight excluding hydrogens is 356 g/mol. The molecule has 0 aliphatic carbocycles. The lowest BCUT2D eigenvalue weighted by molar-refractivity contribution is 0.0653. The zero-order valence-electron chi connectivity index (χ0n) is 15.2. The Morgan fingerprint density at radius 3 is 2.56 bits per heavy atom. The van der Waals surface area contributed by atoms with Crippen LogP contribution in [0.15, 0.2) is 78.3 Å². The van der Waals surface area contributed by atoms with Crippen LogP contribution in [0.4, 0.5) is 0 Å². The summed E-state index contributed by atoms with van der Waals surface area (Å²) < 4.78 is 11.7. The third-order valence-electron chi connectivity index (χ3n) is 5.40. The molecule has 0 saturated carbocycles. The van der Waals surface area contributed by atoms with Crippen molar-refractivity contribution in [2.45, 2.75) is 24.9 Å². The van der Waals surface area contributed by atoms with Crippen molar-refractivity contribution in [3.63, 3.8) is 0 Å². The molecule has 3 aromatic rings. The fraction of sp³-hybridized carbons (Fsp3) is 0.250. The topological polar surface area (TPSA) is 18.5 Å². The van der Waals surface area contributed by atoms with E-state index in [9.17, 15) is 0 Å². The van der Waals surface area contributed by atoms with Crippen molar-refractivity contribution in [3.05, 3.63) is 89.5 Å². The van der Waals surface area contributed by atoms with Crippen molar-refractivity contribution in [1.29, 1.82) is 0 Å². The number of hydrogen-bond acceptors (Lipinski definition) is 2. The lowest BCUT2D eigenvalue weighted by atomic mass is 9.74. The Bertz CT molecular complexity index is 942. The van der Waals surface area contributed by atoms with Crippen LogP contribution < -0.4 is 4.74 Å². The molecular formula is C24H23ClO2. The molecule has 0 atom stereocenters. The van der Waals surface area contributed by atoms with Crippen LogP contribution in [0.25, 0.3) is 10.8 Å². The molecule has 0 unspecified atom stereocenters. The summed E-state index contributed by atoms with van der Waals surface area (Å²) in [5.74, 6) is 0.884. The van der Waals surface area contributed by atoms with Gasteiger partial charge in [-0.05, 0) is 52.9 Å². The van der Waals surface area contributed by atoms with E-state index in [1.807, 2.05) is 6.07 Å². The fourth-order valence-corrected chi connectivity index (χ4v) is 4.04. The summed E-state index contributed by atoms with van der Waals surface area (Å²) in [6.07, 6.45) is 3.97. The molecule has 1 aliphatic heterocycles. The minimum Gasteiger partial charge on any atom is -0.489 e. The van der Waals surface area contributed by atoms with Crippen molar-refractivity contribution in [2.75, 3.05) is 13.2 Å². The van der Waals surface area contributed by atoms with Crippen LogP contribution >= 0.6 is 11.6 Å². The molecule has 1 saturated heterocycles. The van der Waals surface area contributed by atoms with Crippen LogP contribution in [0.5, 0.6) is 5.75 Å². The summed E-state index contributed by atoms with van der Waals surface area (Å²) in [6.45, 7) is 2.06. The molecule has 138 valence electrons. The number of ether oxygens (including phenoxy) is 2. The van der Waals surface area contributed by atoms with Crippen molar-refractivity contribution in [3.8, 4) is 5.75 Å². The smallest absolute Gasteiger partial charge is 0.120 e. The van der Waals surface area contributed by atoms with E-state index in [-0.39, 0.29) is 5.41 Å². The van der Waals surface area contributed by atoms with Gasteiger partial charge in [-0.3, -0.25) is 0 Å². The molecule has 27 heavy (non-hydrogen) atoms. The lowest BCUT2D eigenvalue weighted by Gasteiger charge is -2.35. The number of halogens is 1. The van der Waals surface area contributed by atoms with Gasteiger partial charge < -0.3 is 9.47 Å². The summed E-state index contributed by atoms with van der Waals surface area (Å²) >= 11 is 5.95. The van der Waals surface area contributed by atoms with E-state index in [1.165, 1.54) is 21.9 Å². The third-order valence-corrected chi connectivity index (χ3v) is 5.52. The van der Waals surface area contributed by atoms with Crippen LogP contribution in [-0.4, -0.2) is 13.2 Å². The normalized spacial score (nSPS) is 16.6. The van der Waals surface area contributed by atoms with E-state index in [2.05, 4.69) is 66.7 Å². The van der Waals surface area contributed by atoms with Gasteiger partial charge in [-0.25, -0.2) is 0 Å². The molecule has 1 heterocycles. The van der Waals surface area contributed by atoms with Gasteiger partial charge in [0.1, 0.15) is 12.4 Å². The quantitative estimate of drug-likeness (QED) is 0.524. The van der Waals surface area contributed by atoms with Crippen LogP contribution in [0.3, 0.4) is 0 Å². The zero-order valence-corrected chi connectivity index (χ0v) is 16.0. The Balaban J connectivity index is 1.53. The van der Waals surface area contributed by atoms with Gasteiger partial charge in [0, 0.05) is 24.2 Å². The first-order chi connectivity index (χ1) is 13.3. The maximum atomic E-state index is 6.11. The second-order valence-electron chi connectivity index (χ2n) is 7.06. The van der Waals surface area contributed by atoms with E-state index >= 15 is 0 Å². The standard InChI is InChI=1S/C24H23ClO2/c25-13-10-24(11-14-26-15-12-24)22-6-3-7-23(17-22)27-18-19-8-9-20-4-1-2-5-21(20)16-19/h1-10,13,16-17H,11-12,14-15,18H2/b13-10-. The first kappa shape index (κ1) is 18.1. The van der Waals surface area contributed by atoms with Gasteiger partial charge in [0.05, 0.1) is 0 Å². The largest absolute Gasteiger partial charge is 0.489 e. The highest BCUT2D eigenvalue weighted by Gasteiger charge is 2.32. The highest BCUT2D eigenvalue weighted by atomic mass is 35.5. The second-order valence-corrected chi connectivity index (χ2v) is 7.31. The van der Waals surface area contributed by atoms with E-state index in [0.29, 0.717) is 6.61 Å². The molecule has 0 aromatic heterocycles. The molecule has 0 spiro atoms. The summed E-state index contributed by atoms with van der Waals surface area (Å²) in [6, 6.07) is 23.2. The highest BCUT2D eigenvalue weighted by Crippen LogP contribution is 2.38. The number of fused-ring (bicyclic) bond motifs is 1. The van der Waals surface area contributed by atoms with E-state index < -0.39 is 0 Å². The Labute approximate surface area is 165 Å². The number of rotatable bonds is 5. The van der Waals surface area contributed by atoms with Gasteiger partial charge in [0.2, 0.25) is 0 Å². The molecule has 1 fully saturated rings. The van der Waals surface area contributed by atoms with Gasteiger partial charge in [-0.1, -0.05) is 66.2 Å². The van der Waals surface area contributed by atoms with Crippen molar-refractivity contribution >= 4 is 22.4 Å². The Morgan fingerprint density at radius 1 is 0.926 bits per heavy atom. The van der Waals surface area contributed by atoms with Gasteiger partial charge in [0.25, 0.3) is 0 Å².